The van der Waals surface area contributed by atoms with Gasteiger partial charge < -0.3 is 4.74 Å². The highest BCUT2D eigenvalue weighted by molar-refractivity contribution is 5.99. The molecular formula is C15H12F3N3O3. The molecule has 2 aromatic heterocycles. The van der Waals surface area contributed by atoms with E-state index >= 15 is 0 Å². The number of alkyl halides is 3. The minimum Gasteiger partial charge on any atom is -0.496 e. The molecule has 0 aliphatic carbocycles. The van der Waals surface area contributed by atoms with E-state index in [1.165, 1.54) is 32.4 Å². The number of benzene rings is 1. The Morgan fingerprint density at radius 1 is 1.08 bits per heavy atom. The van der Waals surface area contributed by atoms with Crippen molar-refractivity contribution in [3.05, 3.63) is 44.6 Å². The molecule has 0 saturated carbocycles. The molecule has 0 aliphatic rings. The molecule has 3 aromatic rings. The minimum atomic E-state index is -4.84. The van der Waals surface area contributed by atoms with Crippen LogP contribution in [0.25, 0.3) is 21.9 Å². The quantitative estimate of drug-likeness (QED) is 0.634. The summed E-state index contributed by atoms with van der Waals surface area (Å²) in [5, 5.41) is -0.972. The van der Waals surface area contributed by atoms with Gasteiger partial charge in [-0.25, -0.2) is 9.78 Å². The maximum absolute atomic E-state index is 13.8. The molecule has 3 rings (SSSR count). The van der Waals surface area contributed by atoms with E-state index in [0.29, 0.717) is 4.57 Å². The molecule has 0 saturated heterocycles. The summed E-state index contributed by atoms with van der Waals surface area (Å²) >= 11 is 0. The summed E-state index contributed by atoms with van der Waals surface area (Å²) in [6.45, 7) is 0. The minimum absolute atomic E-state index is 0.0163. The Balaban J connectivity index is 2.79. The molecule has 0 aliphatic heterocycles. The van der Waals surface area contributed by atoms with E-state index in [2.05, 4.69) is 4.98 Å². The zero-order valence-electron chi connectivity index (χ0n) is 12.9. The summed E-state index contributed by atoms with van der Waals surface area (Å²) in [6, 6.07) is 4.21. The first-order valence-electron chi connectivity index (χ1n) is 6.82. The Morgan fingerprint density at radius 3 is 2.33 bits per heavy atom. The third kappa shape index (κ3) is 2.08. The van der Waals surface area contributed by atoms with Crippen LogP contribution in [0.3, 0.4) is 0 Å². The standard InChI is InChI=1S/C15H12F3N3O3/c1-20-12-10(13(22)21(2)14(20)23)11(15(16,17)18)9-7(19-12)5-4-6-8(9)24-3/h4-6H,1-3H3. The Kier molecular flexibility index (Phi) is 3.40. The van der Waals surface area contributed by atoms with Gasteiger partial charge in [-0.2, -0.15) is 13.2 Å². The predicted octanol–water partition coefficient (Wildman–Crippen LogP) is 1.81. The van der Waals surface area contributed by atoms with Gasteiger partial charge in [-0.15, -0.1) is 0 Å². The lowest BCUT2D eigenvalue weighted by molar-refractivity contribution is -0.135. The van der Waals surface area contributed by atoms with E-state index in [9.17, 15) is 22.8 Å². The highest BCUT2D eigenvalue weighted by Gasteiger charge is 2.38. The fraction of sp³-hybridized carbons (Fsp3) is 0.267. The van der Waals surface area contributed by atoms with E-state index in [-0.39, 0.29) is 22.3 Å². The number of pyridine rings is 1. The monoisotopic (exact) mass is 339 g/mol. The summed E-state index contributed by atoms with van der Waals surface area (Å²) in [5.41, 5.74) is -3.30. The van der Waals surface area contributed by atoms with Crippen LogP contribution in [0.5, 0.6) is 5.75 Å². The molecule has 0 amide bonds. The highest BCUT2D eigenvalue weighted by atomic mass is 19.4. The van der Waals surface area contributed by atoms with Crippen LogP contribution in [0.15, 0.2) is 27.8 Å². The van der Waals surface area contributed by atoms with E-state index in [1.54, 1.807) is 0 Å². The van der Waals surface area contributed by atoms with Crippen molar-refractivity contribution in [2.24, 2.45) is 14.1 Å². The Morgan fingerprint density at radius 2 is 1.75 bits per heavy atom. The number of methoxy groups -OCH3 is 1. The second-order valence-corrected chi connectivity index (χ2v) is 5.24. The zero-order valence-corrected chi connectivity index (χ0v) is 12.9. The molecule has 6 nitrogen and oxygen atoms in total. The van der Waals surface area contributed by atoms with Crippen molar-refractivity contribution < 1.29 is 17.9 Å². The van der Waals surface area contributed by atoms with Gasteiger partial charge in [-0.3, -0.25) is 13.9 Å². The molecule has 0 radical (unpaired) electrons. The SMILES string of the molecule is COc1cccc2nc3c(c(C(F)(F)F)c12)c(=O)n(C)c(=O)n3C. The molecule has 1 aromatic carbocycles. The van der Waals surface area contributed by atoms with E-state index < -0.39 is 28.4 Å². The second-order valence-electron chi connectivity index (χ2n) is 5.24. The van der Waals surface area contributed by atoms with Crippen molar-refractivity contribution in [2.45, 2.75) is 6.18 Å². The van der Waals surface area contributed by atoms with Gasteiger partial charge in [-0.05, 0) is 12.1 Å². The van der Waals surface area contributed by atoms with Crippen LogP contribution in [0.2, 0.25) is 0 Å². The normalized spacial score (nSPS) is 12.1. The first-order valence-corrected chi connectivity index (χ1v) is 6.82. The summed E-state index contributed by atoms with van der Waals surface area (Å²) < 4.78 is 47.9. The first-order chi connectivity index (χ1) is 11.2. The van der Waals surface area contributed by atoms with Crippen LogP contribution < -0.4 is 16.0 Å². The Bertz CT molecular complexity index is 1100. The maximum Gasteiger partial charge on any atom is 0.418 e. The van der Waals surface area contributed by atoms with Gasteiger partial charge in [0.15, 0.2) is 5.65 Å². The zero-order chi connectivity index (χ0) is 17.8. The molecule has 0 N–H and O–H groups in total. The number of hydrogen-bond donors (Lipinski definition) is 0. The number of rotatable bonds is 1. The molecule has 9 heteroatoms. The fourth-order valence-corrected chi connectivity index (χ4v) is 2.74. The topological polar surface area (TPSA) is 66.1 Å². The van der Waals surface area contributed by atoms with Gasteiger partial charge in [0.05, 0.1) is 29.0 Å². The molecule has 0 unspecified atom stereocenters. The van der Waals surface area contributed by atoms with E-state index in [0.717, 1.165) is 11.6 Å². The summed E-state index contributed by atoms with van der Waals surface area (Å²) in [7, 11) is 3.62. The average Bonchev–Trinajstić information content (AvgIpc) is 2.54. The number of aromatic nitrogens is 3. The number of halogens is 3. The van der Waals surface area contributed by atoms with Crippen LogP contribution in [0, 0.1) is 0 Å². The third-order valence-electron chi connectivity index (χ3n) is 3.87. The average molecular weight is 339 g/mol. The Labute approximate surface area is 132 Å². The first kappa shape index (κ1) is 16.0. The smallest absolute Gasteiger partial charge is 0.418 e. The predicted molar refractivity (Wildman–Crippen MR) is 81.3 cm³/mol. The van der Waals surface area contributed by atoms with Gasteiger partial charge in [0.25, 0.3) is 5.56 Å². The molecule has 2 heterocycles. The molecule has 24 heavy (non-hydrogen) atoms. The molecular weight excluding hydrogens is 327 g/mol. The number of aryl methyl sites for hydroxylation is 1. The Hall–Kier alpha value is -2.84. The summed E-state index contributed by atoms with van der Waals surface area (Å²) in [5.74, 6) is -0.0508. The van der Waals surface area contributed by atoms with Crippen LogP contribution in [0.4, 0.5) is 13.2 Å². The van der Waals surface area contributed by atoms with Gasteiger partial charge in [0, 0.05) is 14.1 Å². The van der Waals surface area contributed by atoms with Crippen molar-refractivity contribution in [2.75, 3.05) is 7.11 Å². The molecule has 0 fully saturated rings. The van der Waals surface area contributed by atoms with Crippen LogP contribution in [0.1, 0.15) is 5.56 Å². The number of nitrogens with zero attached hydrogens (tertiary/aromatic N) is 3. The van der Waals surface area contributed by atoms with Gasteiger partial charge in [0.1, 0.15) is 5.75 Å². The van der Waals surface area contributed by atoms with Crippen molar-refractivity contribution in [3.63, 3.8) is 0 Å². The van der Waals surface area contributed by atoms with Gasteiger partial charge in [-0.1, -0.05) is 6.07 Å². The van der Waals surface area contributed by atoms with E-state index in [4.69, 9.17) is 4.74 Å². The lowest BCUT2D eigenvalue weighted by atomic mass is 10.0. The van der Waals surface area contributed by atoms with Crippen molar-refractivity contribution in [1.82, 2.24) is 14.1 Å². The number of ether oxygens (including phenoxy) is 1. The molecule has 0 bridgehead atoms. The highest BCUT2D eigenvalue weighted by Crippen LogP contribution is 2.41. The maximum atomic E-state index is 13.8. The molecule has 0 atom stereocenters. The second kappa shape index (κ2) is 5.08. The summed E-state index contributed by atoms with van der Waals surface area (Å²) in [4.78, 5) is 28.5. The lowest BCUT2D eigenvalue weighted by Gasteiger charge is -2.17. The lowest BCUT2D eigenvalue weighted by Crippen LogP contribution is -2.38. The van der Waals surface area contributed by atoms with Crippen LogP contribution in [-0.2, 0) is 20.3 Å². The van der Waals surface area contributed by atoms with Crippen LogP contribution >= 0.6 is 0 Å². The van der Waals surface area contributed by atoms with E-state index in [1.807, 2.05) is 0 Å². The molecule has 0 spiro atoms. The number of hydrogen-bond acceptors (Lipinski definition) is 4. The molecule has 126 valence electrons. The number of fused-ring (bicyclic) bond motifs is 2. The fourth-order valence-electron chi connectivity index (χ4n) is 2.74. The summed E-state index contributed by atoms with van der Waals surface area (Å²) in [6.07, 6.45) is -4.84. The van der Waals surface area contributed by atoms with Crippen molar-refractivity contribution in [1.29, 1.82) is 0 Å². The third-order valence-corrected chi connectivity index (χ3v) is 3.87. The van der Waals surface area contributed by atoms with Gasteiger partial charge in [0.2, 0.25) is 0 Å². The van der Waals surface area contributed by atoms with Gasteiger partial charge >= 0.3 is 11.9 Å². The largest absolute Gasteiger partial charge is 0.496 e. The van der Waals surface area contributed by atoms with Crippen molar-refractivity contribution in [3.8, 4) is 5.75 Å². The van der Waals surface area contributed by atoms with Crippen LogP contribution in [-0.4, -0.2) is 21.2 Å². The van der Waals surface area contributed by atoms with Crippen molar-refractivity contribution >= 4 is 21.9 Å².